The van der Waals surface area contributed by atoms with Crippen molar-refractivity contribution in [2.45, 2.75) is 161 Å². The fourth-order valence-electron chi connectivity index (χ4n) is 8.79. The molecule has 0 aromatic heterocycles. The Kier molecular flexibility index (Phi) is 37.0. The molecule has 0 N–H and O–H groups in total. The zero-order chi connectivity index (χ0) is 62.4. The molecule has 4 rings (SSSR count). The SMILES string of the molecule is C=CC(=O)OCCCCCCCCCCCOc1ccc(C(=O)Oc2ccc(OC(=O)c3ccc(OCCCCCCCCCCCOC(=O)C=C)cc3)c(C(=O)OCCCCCOC(=O)c3ccc(OCCCCCCOC(=O)C=C)cc3)c2)cc1. The summed E-state index contributed by atoms with van der Waals surface area (Å²) in [6.07, 6.45) is 27.5. The smallest absolute Gasteiger partial charge is 0.343 e. The fraction of sp³-hybridized carbons (Fsp3) is 0.471. The molecule has 0 atom stereocenters. The van der Waals surface area contributed by atoms with Gasteiger partial charge in [-0.05, 0) is 162 Å². The molecule has 0 unspecified atom stereocenters. The minimum absolute atomic E-state index is 0.00614. The van der Waals surface area contributed by atoms with E-state index in [1.54, 1.807) is 72.8 Å². The van der Waals surface area contributed by atoms with Crippen molar-refractivity contribution in [3.63, 3.8) is 0 Å². The largest absolute Gasteiger partial charge is 0.494 e. The summed E-state index contributed by atoms with van der Waals surface area (Å²) in [5, 5.41) is 0. The maximum absolute atomic E-state index is 13.7. The van der Waals surface area contributed by atoms with Gasteiger partial charge >= 0.3 is 41.8 Å². The van der Waals surface area contributed by atoms with Gasteiger partial charge in [-0.1, -0.05) is 110 Å². The van der Waals surface area contributed by atoms with Gasteiger partial charge in [0.15, 0.2) is 0 Å². The van der Waals surface area contributed by atoms with Crippen LogP contribution < -0.4 is 23.7 Å². The molecule has 0 heterocycles. The van der Waals surface area contributed by atoms with Crippen LogP contribution in [0.2, 0.25) is 0 Å². The highest BCUT2D eigenvalue weighted by Crippen LogP contribution is 2.28. The maximum Gasteiger partial charge on any atom is 0.343 e. The van der Waals surface area contributed by atoms with Gasteiger partial charge in [0.25, 0.3) is 0 Å². The number of hydrogen-bond acceptors (Lipinski definition) is 17. The minimum Gasteiger partial charge on any atom is -0.494 e. The Hall–Kier alpha value is -8.21. The van der Waals surface area contributed by atoms with Crippen LogP contribution in [0, 0.1) is 0 Å². The average Bonchev–Trinajstić information content (AvgIpc) is 2.53. The summed E-state index contributed by atoms with van der Waals surface area (Å²) in [7, 11) is 0. The van der Waals surface area contributed by atoms with Gasteiger partial charge in [0.05, 0.1) is 69.5 Å². The maximum atomic E-state index is 13.7. The summed E-state index contributed by atoms with van der Waals surface area (Å²) in [6, 6.07) is 24.0. The predicted octanol–water partition coefficient (Wildman–Crippen LogP) is 15.2. The second kappa shape index (κ2) is 45.2. The van der Waals surface area contributed by atoms with Crippen molar-refractivity contribution in [3.05, 3.63) is 151 Å². The molecule has 0 aliphatic rings. The second-order valence-electron chi connectivity index (χ2n) is 20.8. The lowest BCUT2D eigenvalue weighted by molar-refractivity contribution is -0.138. The topological polar surface area (TPSA) is 212 Å². The predicted molar refractivity (Wildman–Crippen MR) is 332 cm³/mol. The summed E-state index contributed by atoms with van der Waals surface area (Å²) in [6.45, 7) is 13.2. The number of ether oxygens (including phenoxy) is 10. The number of carbonyl (C=O) groups is 7. The Balaban J connectivity index is 1.22. The zero-order valence-electron chi connectivity index (χ0n) is 50.8. The van der Waals surface area contributed by atoms with E-state index in [9.17, 15) is 33.6 Å². The standard InChI is InChI=1S/C70H90O17/c1-4-64(71)81-49-27-19-15-11-7-9-13-17-24-46-78-59-40-34-56(35-41-59)68(75)86-61-44-45-63(87-69(76)57-36-42-60(43-37-57)79-47-25-18-14-10-8-12-16-20-28-50-82-65(72)5-2)62(54-61)70(77)85-53-31-23-30-52-84-67(74)55-32-38-58(39-33-55)80-48-26-21-22-29-51-83-66(73)6-3/h4-6,32-45,54H,1-3,7-31,46-53H2. The van der Waals surface area contributed by atoms with Crippen LogP contribution in [0.25, 0.3) is 0 Å². The molecule has 0 aliphatic heterocycles. The van der Waals surface area contributed by atoms with Crippen LogP contribution in [0.3, 0.4) is 0 Å². The lowest BCUT2D eigenvalue weighted by Crippen LogP contribution is -2.15. The van der Waals surface area contributed by atoms with Gasteiger partial charge in [-0.3, -0.25) is 0 Å². The molecule has 0 bridgehead atoms. The molecule has 0 fully saturated rings. The number of hydrogen-bond donors (Lipinski definition) is 0. The molecular weight excluding hydrogens is 1110 g/mol. The van der Waals surface area contributed by atoms with Gasteiger partial charge in [-0.2, -0.15) is 0 Å². The van der Waals surface area contributed by atoms with Gasteiger partial charge in [0.2, 0.25) is 0 Å². The van der Waals surface area contributed by atoms with Gasteiger partial charge in [-0.25, -0.2) is 33.6 Å². The summed E-state index contributed by atoms with van der Waals surface area (Å²) in [5.74, 6) is -2.08. The summed E-state index contributed by atoms with van der Waals surface area (Å²) in [5.41, 5.74) is 0.728. The molecule has 0 saturated heterocycles. The number of rotatable bonds is 49. The molecule has 17 nitrogen and oxygen atoms in total. The van der Waals surface area contributed by atoms with Gasteiger partial charge in [-0.15, -0.1) is 0 Å². The second-order valence-corrected chi connectivity index (χ2v) is 20.8. The van der Waals surface area contributed by atoms with Crippen LogP contribution in [0.5, 0.6) is 28.7 Å². The molecule has 0 spiro atoms. The van der Waals surface area contributed by atoms with Crippen molar-refractivity contribution in [2.75, 3.05) is 52.9 Å². The van der Waals surface area contributed by atoms with Gasteiger partial charge < -0.3 is 47.4 Å². The number of esters is 7. The first kappa shape index (κ1) is 71.3. The molecule has 4 aromatic carbocycles. The van der Waals surface area contributed by atoms with E-state index in [1.807, 2.05) is 0 Å². The van der Waals surface area contributed by atoms with E-state index in [2.05, 4.69) is 19.7 Å². The highest BCUT2D eigenvalue weighted by molar-refractivity contribution is 5.97. The third-order valence-corrected chi connectivity index (χ3v) is 13.8. The third-order valence-electron chi connectivity index (χ3n) is 13.8. The Morgan fingerprint density at radius 1 is 0.276 bits per heavy atom. The van der Waals surface area contributed by atoms with Crippen molar-refractivity contribution in [2.24, 2.45) is 0 Å². The van der Waals surface area contributed by atoms with Crippen molar-refractivity contribution in [1.29, 1.82) is 0 Å². The molecule has 0 radical (unpaired) electrons. The van der Waals surface area contributed by atoms with Crippen LogP contribution in [-0.2, 0) is 38.1 Å². The first-order chi connectivity index (χ1) is 42.5. The van der Waals surface area contributed by atoms with Crippen LogP contribution >= 0.6 is 0 Å². The number of benzene rings is 4. The first-order valence-electron chi connectivity index (χ1n) is 31.0. The lowest BCUT2D eigenvalue weighted by Gasteiger charge is -2.13. The van der Waals surface area contributed by atoms with Crippen molar-refractivity contribution >= 4 is 41.8 Å². The fourth-order valence-corrected chi connectivity index (χ4v) is 8.79. The minimum atomic E-state index is -0.804. The first-order valence-corrected chi connectivity index (χ1v) is 31.0. The van der Waals surface area contributed by atoms with Gasteiger partial charge in [0, 0.05) is 18.2 Å². The van der Waals surface area contributed by atoms with E-state index in [0.717, 1.165) is 147 Å². The Bertz CT molecular complexity index is 2680. The average molecular weight is 1200 g/mol. The number of unbranched alkanes of at least 4 members (excludes halogenated alkanes) is 21. The molecule has 0 amide bonds. The van der Waals surface area contributed by atoms with E-state index >= 15 is 0 Å². The molecule has 0 aliphatic carbocycles. The zero-order valence-corrected chi connectivity index (χ0v) is 50.8. The molecule has 17 heteroatoms. The van der Waals surface area contributed by atoms with Crippen molar-refractivity contribution in [1.82, 2.24) is 0 Å². The van der Waals surface area contributed by atoms with Crippen LogP contribution in [0.15, 0.2) is 129 Å². The highest BCUT2D eigenvalue weighted by Gasteiger charge is 2.21. The molecule has 4 aromatic rings. The Morgan fingerprint density at radius 3 is 0.885 bits per heavy atom. The highest BCUT2D eigenvalue weighted by atomic mass is 16.6. The van der Waals surface area contributed by atoms with E-state index in [0.29, 0.717) is 81.7 Å². The van der Waals surface area contributed by atoms with Crippen LogP contribution in [-0.4, -0.2) is 94.6 Å². The Morgan fingerprint density at radius 2 is 0.540 bits per heavy atom. The van der Waals surface area contributed by atoms with Crippen LogP contribution in [0.4, 0.5) is 0 Å². The van der Waals surface area contributed by atoms with Crippen LogP contribution in [0.1, 0.15) is 202 Å². The van der Waals surface area contributed by atoms with Crippen molar-refractivity contribution < 1.29 is 80.9 Å². The summed E-state index contributed by atoms with van der Waals surface area (Å²) < 4.78 is 55.2. The normalized spacial score (nSPS) is 10.7. The number of carbonyl (C=O) groups excluding carboxylic acids is 7. The lowest BCUT2D eigenvalue weighted by atomic mass is 10.1. The monoisotopic (exact) mass is 1200 g/mol. The summed E-state index contributed by atoms with van der Waals surface area (Å²) in [4.78, 5) is 86.7. The van der Waals surface area contributed by atoms with Crippen molar-refractivity contribution in [3.8, 4) is 28.7 Å². The third kappa shape index (κ3) is 32.2. The Labute approximate surface area is 514 Å². The van der Waals surface area contributed by atoms with E-state index in [-0.39, 0.29) is 53.3 Å². The van der Waals surface area contributed by atoms with E-state index in [4.69, 9.17) is 47.4 Å². The summed E-state index contributed by atoms with van der Waals surface area (Å²) >= 11 is 0. The molecular formula is C70H90O17. The quantitative estimate of drug-likeness (QED) is 0.0132. The van der Waals surface area contributed by atoms with Gasteiger partial charge in [0.1, 0.15) is 34.3 Å². The van der Waals surface area contributed by atoms with E-state index in [1.165, 1.54) is 30.4 Å². The molecule has 87 heavy (non-hydrogen) atoms. The molecule has 0 saturated carbocycles. The molecule has 472 valence electrons. The van der Waals surface area contributed by atoms with E-state index < -0.39 is 29.8 Å².